The highest BCUT2D eigenvalue weighted by molar-refractivity contribution is 5.97. The van der Waals surface area contributed by atoms with Gasteiger partial charge in [-0.15, -0.1) is 5.10 Å². The lowest BCUT2D eigenvalue weighted by Gasteiger charge is -2.08. The summed E-state index contributed by atoms with van der Waals surface area (Å²) in [7, 11) is 1.59. The van der Waals surface area contributed by atoms with Gasteiger partial charge in [-0.1, -0.05) is 37.6 Å². The van der Waals surface area contributed by atoms with Crippen LogP contribution in [0.5, 0.6) is 11.8 Å². The number of ether oxygens (including phenoxy) is 3. The third-order valence-electron chi connectivity index (χ3n) is 4.55. The molecule has 0 saturated carbocycles. The molecule has 0 radical (unpaired) electrons. The van der Waals surface area contributed by atoms with Crippen molar-refractivity contribution in [2.24, 2.45) is 0 Å². The Morgan fingerprint density at radius 2 is 1.77 bits per heavy atom. The third-order valence-corrected chi connectivity index (χ3v) is 4.55. The largest absolute Gasteiger partial charge is 0.494 e. The second-order valence-corrected chi connectivity index (χ2v) is 6.82. The molecule has 30 heavy (non-hydrogen) atoms. The van der Waals surface area contributed by atoms with Crippen molar-refractivity contribution in [3.05, 3.63) is 59.7 Å². The SMILES string of the molecule is CCCCOc1ccc(C(=O)n2nc(OCCOC)nc2-c2ccccc2C)cc1. The van der Waals surface area contributed by atoms with E-state index in [2.05, 4.69) is 17.0 Å². The zero-order valence-electron chi connectivity index (χ0n) is 17.6. The van der Waals surface area contributed by atoms with Gasteiger partial charge in [0.05, 0.1) is 13.2 Å². The zero-order valence-corrected chi connectivity index (χ0v) is 17.6. The Balaban J connectivity index is 1.89. The molecule has 0 fully saturated rings. The minimum atomic E-state index is -0.289. The van der Waals surface area contributed by atoms with Gasteiger partial charge in [-0.05, 0) is 43.2 Å². The summed E-state index contributed by atoms with van der Waals surface area (Å²) in [4.78, 5) is 17.7. The van der Waals surface area contributed by atoms with E-state index in [0.717, 1.165) is 29.7 Å². The number of benzene rings is 2. The molecule has 0 bridgehead atoms. The Morgan fingerprint density at radius 1 is 1.00 bits per heavy atom. The second-order valence-electron chi connectivity index (χ2n) is 6.82. The highest BCUT2D eigenvalue weighted by Gasteiger charge is 2.21. The molecule has 158 valence electrons. The van der Waals surface area contributed by atoms with E-state index in [9.17, 15) is 4.79 Å². The van der Waals surface area contributed by atoms with E-state index in [1.54, 1.807) is 31.4 Å². The van der Waals surface area contributed by atoms with Gasteiger partial charge in [0, 0.05) is 18.2 Å². The fraction of sp³-hybridized carbons (Fsp3) is 0.348. The molecule has 3 aromatic rings. The lowest BCUT2D eigenvalue weighted by Crippen LogP contribution is -2.15. The van der Waals surface area contributed by atoms with Gasteiger partial charge in [-0.25, -0.2) is 0 Å². The fourth-order valence-corrected chi connectivity index (χ4v) is 2.86. The first kappa shape index (κ1) is 21.5. The van der Waals surface area contributed by atoms with Crippen molar-refractivity contribution < 1.29 is 19.0 Å². The number of hydrogen-bond acceptors (Lipinski definition) is 6. The maximum Gasteiger partial charge on any atom is 0.336 e. The average molecular weight is 409 g/mol. The van der Waals surface area contributed by atoms with Crippen molar-refractivity contribution in [2.45, 2.75) is 26.7 Å². The summed E-state index contributed by atoms with van der Waals surface area (Å²) in [5.41, 5.74) is 2.29. The molecule has 0 unspecified atom stereocenters. The molecule has 0 aliphatic heterocycles. The summed E-state index contributed by atoms with van der Waals surface area (Å²) < 4.78 is 17.5. The number of nitrogens with zero attached hydrogens (tertiary/aromatic N) is 3. The monoisotopic (exact) mass is 409 g/mol. The Bertz CT molecular complexity index is 967. The topological polar surface area (TPSA) is 75.5 Å². The molecule has 0 aliphatic carbocycles. The number of aromatic nitrogens is 3. The average Bonchev–Trinajstić information content (AvgIpc) is 3.18. The maximum absolute atomic E-state index is 13.2. The standard InChI is InChI=1S/C23H27N3O4/c1-4-5-14-29-19-12-10-18(11-13-19)22(27)26-21(20-9-7-6-8-17(20)2)24-23(25-26)30-16-15-28-3/h6-13H,4-5,14-16H2,1-3H3. The van der Waals surface area contributed by atoms with Gasteiger partial charge >= 0.3 is 6.01 Å². The molecular weight excluding hydrogens is 382 g/mol. The normalized spacial score (nSPS) is 10.8. The molecule has 0 saturated heterocycles. The lowest BCUT2D eigenvalue weighted by atomic mass is 10.1. The number of aryl methyl sites for hydroxylation is 1. The predicted molar refractivity (Wildman–Crippen MR) is 114 cm³/mol. The minimum absolute atomic E-state index is 0.137. The van der Waals surface area contributed by atoms with E-state index in [-0.39, 0.29) is 11.9 Å². The molecule has 0 N–H and O–H groups in total. The first-order valence-electron chi connectivity index (χ1n) is 10.1. The Hall–Kier alpha value is -3.19. The van der Waals surface area contributed by atoms with Crippen molar-refractivity contribution in [1.29, 1.82) is 0 Å². The van der Waals surface area contributed by atoms with Gasteiger partial charge < -0.3 is 14.2 Å². The van der Waals surface area contributed by atoms with Gasteiger partial charge in [0.15, 0.2) is 5.82 Å². The van der Waals surface area contributed by atoms with Gasteiger partial charge in [0.25, 0.3) is 5.91 Å². The van der Waals surface area contributed by atoms with Crippen LogP contribution in [0.4, 0.5) is 0 Å². The van der Waals surface area contributed by atoms with Crippen LogP contribution in [0.25, 0.3) is 11.4 Å². The molecular formula is C23H27N3O4. The van der Waals surface area contributed by atoms with Crippen LogP contribution in [-0.2, 0) is 4.74 Å². The van der Waals surface area contributed by atoms with Crippen molar-refractivity contribution in [1.82, 2.24) is 14.8 Å². The fourth-order valence-electron chi connectivity index (χ4n) is 2.86. The van der Waals surface area contributed by atoms with E-state index >= 15 is 0 Å². The number of carbonyl (C=O) groups excluding carboxylic acids is 1. The number of unbranched alkanes of at least 4 members (excludes halogenated alkanes) is 1. The second kappa shape index (κ2) is 10.5. The van der Waals surface area contributed by atoms with Crippen molar-refractivity contribution in [3.63, 3.8) is 0 Å². The van der Waals surface area contributed by atoms with Gasteiger partial charge in [0.2, 0.25) is 0 Å². The smallest absolute Gasteiger partial charge is 0.336 e. The van der Waals surface area contributed by atoms with E-state index < -0.39 is 0 Å². The van der Waals surface area contributed by atoms with Crippen LogP contribution in [0.2, 0.25) is 0 Å². The Labute approximate surface area is 176 Å². The minimum Gasteiger partial charge on any atom is -0.494 e. The van der Waals surface area contributed by atoms with Crippen LogP contribution in [0.1, 0.15) is 35.7 Å². The molecule has 7 nitrogen and oxygen atoms in total. The van der Waals surface area contributed by atoms with Crippen LogP contribution in [0.3, 0.4) is 0 Å². The van der Waals surface area contributed by atoms with Gasteiger partial charge in [0.1, 0.15) is 12.4 Å². The highest BCUT2D eigenvalue weighted by atomic mass is 16.5. The van der Waals surface area contributed by atoms with Crippen molar-refractivity contribution in [3.8, 4) is 23.1 Å². The number of carbonyl (C=O) groups is 1. The zero-order chi connectivity index (χ0) is 21.3. The van der Waals surface area contributed by atoms with Crippen molar-refractivity contribution in [2.75, 3.05) is 26.9 Å². The predicted octanol–water partition coefficient (Wildman–Crippen LogP) is 4.15. The number of hydrogen-bond donors (Lipinski definition) is 0. The summed E-state index contributed by atoms with van der Waals surface area (Å²) in [5, 5.41) is 4.31. The molecule has 0 spiro atoms. The van der Waals surface area contributed by atoms with Crippen LogP contribution >= 0.6 is 0 Å². The summed E-state index contributed by atoms with van der Waals surface area (Å²) in [6, 6.07) is 14.9. The lowest BCUT2D eigenvalue weighted by molar-refractivity contribution is 0.0943. The third kappa shape index (κ3) is 5.24. The Kier molecular flexibility index (Phi) is 7.57. The van der Waals surface area contributed by atoms with Crippen LogP contribution in [0, 0.1) is 6.92 Å². The summed E-state index contributed by atoms with van der Waals surface area (Å²) in [6.45, 7) is 5.44. The van der Waals surface area contributed by atoms with Gasteiger partial charge in [-0.2, -0.15) is 9.67 Å². The van der Waals surface area contributed by atoms with Crippen LogP contribution in [0.15, 0.2) is 48.5 Å². The molecule has 1 aromatic heterocycles. The first-order valence-corrected chi connectivity index (χ1v) is 10.1. The molecule has 0 atom stereocenters. The van der Waals surface area contributed by atoms with E-state index in [1.165, 1.54) is 4.68 Å². The van der Waals surface area contributed by atoms with Crippen LogP contribution in [-0.4, -0.2) is 47.6 Å². The number of rotatable bonds is 10. The molecule has 0 aliphatic rings. The quantitative estimate of drug-likeness (QED) is 0.468. The van der Waals surface area contributed by atoms with Crippen molar-refractivity contribution >= 4 is 5.91 Å². The molecule has 3 rings (SSSR count). The van der Waals surface area contributed by atoms with Gasteiger partial charge in [-0.3, -0.25) is 4.79 Å². The summed E-state index contributed by atoms with van der Waals surface area (Å²) >= 11 is 0. The maximum atomic E-state index is 13.2. The summed E-state index contributed by atoms with van der Waals surface area (Å²) in [5.74, 6) is 0.887. The molecule has 1 heterocycles. The van der Waals surface area contributed by atoms with E-state index in [0.29, 0.717) is 31.2 Å². The Morgan fingerprint density at radius 3 is 2.47 bits per heavy atom. The molecule has 2 aromatic carbocycles. The molecule has 0 amide bonds. The summed E-state index contributed by atoms with van der Waals surface area (Å²) in [6.07, 6.45) is 2.06. The first-order chi connectivity index (χ1) is 14.6. The van der Waals surface area contributed by atoms with E-state index in [4.69, 9.17) is 14.2 Å². The highest BCUT2D eigenvalue weighted by Crippen LogP contribution is 2.24. The number of methoxy groups -OCH3 is 1. The van der Waals surface area contributed by atoms with E-state index in [1.807, 2.05) is 31.2 Å². The molecule has 7 heteroatoms. The van der Waals surface area contributed by atoms with Crippen LogP contribution < -0.4 is 9.47 Å².